The van der Waals surface area contributed by atoms with Crippen molar-refractivity contribution in [3.8, 4) is 0 Å². The fourth-order valence-corrected chi connectivity index (χ4v) is 1.94. The Balaban J connectivity index is 2.75. The van der Waals surface area contributed by atoms with Crippen molar-refractivity contribution in [2.24, 2.45) is 0 Å². The molecule has 6 heavy (non-hydrogen) atoms. The van der Waals surface area contributed by atoms with Crippen LogP contribution in [0.2, 0.25) is 8.87 Å². The van der Waals surface area contributed by atoms with E-state index in [1.807, 2.05) is 0 Å². The van der Waals surface area contributed by atoms with Gasteiger partial charge in [-0.15, -0.1) is 0 Å². The van der Waals surface area contributed by atoms with E-state index >= 15 is 0 Å². The Bertz CT molecular complexity index is 26.7. The molecular formula is C4H11ClSn. The zero-order chi connectivity index (χ0) is 4.99. The summed E-state index contributed by atoms with van der Waals surface area (Å²) in [5, 5.41) is 0. The Morgan fingerprint density at radius 2 is 1.67 bits per heavy atom. The molecule has 0 saturated carbocycles. The molecule has 0 rings (SSSR count). The van der Waals surface area contributed by atoms with Crippen LogP contribution in [-0.4, -0.2) is 18.6 Å². The van der Waals surface area contributed by atoms with E-state index in [9.17, 15) is 0 Å². The van der Waals surface area contributed by atoms with E-state index < -0.39 is 18.6 Å². The van der Waals surface area contributed by atoms with E-state index in [0.717, 1.165) is 0 Å². The molecule has 0 fully saturated rings. The van der Waals surface area contributed by atoms with Crippen molar-refractivity contribution in [3.63, 3.8) is 0 Å². The first-order valence-electron chi connectivity index (χ1n) is 2.45. The fourth-order valence-electron chi connectivity index (χ4n) is 0.289. The van der Waals surface area contributed by atoms with E-state index in [1.54, 1.807) is 0 Å². The van der Waals surface area contributed by atoms with E-state index in [0.29, 0.717) is 0 Å². The zero-order valence-corrected chi connectivity index (χ0v) is 8.42. The average molecular weight is 213 g/mol. The van der Waals surface area contributed by atoms with Crippen LogP contribution in [0.1, 0.15) is 13.8 Å². The van der Waals surface area contributed by atoms with Crippen LogP contribution < -0.4 is 0 Å². The second-order valence-electron chi connectivity index (χ2n) is 1.41. The summed E-state index contributed by atoms with van der Waals surface area (Å²) in [5.74, 6) is 0. The van der Waals surface area contributed by atoms with Crippen LogP contribution in [0.4, 0.5) is 0 Å². The maximum absolute atomic E-state index is 5.86. The normalized spacial score (nSPS) is 10.0. The topological polar surface area (TPSA) is 0 Å². The van der Waals surface area contributed by atoms with Crippen LogP contribution in [0, 0.1) is 0 Å². The van der Waals surface area contributed by atoms with Gasteiger partial charge in [0.2, 0.25) is 0 Å². The molecule has 0 aliphatic carbocycles. The van der Waals surface area contributed by atoms with E-state index in [2.05, 4.69) is 13.8 Å². The average Bonchev–Trinajstić information content (AvgIpc) is 1.65. The van der Waals surface area contributed by atoms with Crippen molar-refractivity contribution in [1.29, 1.82) is 0 Å². The molecule has 0 atom stereocenters. The molecule has 0 radical (unpaired) electrons. The van der Waals surface area contributed by atoms with Gasteiger partial charge < -0.3 is 0 Å². The quantitative estimate of drug-likeness (QED) is 0.615. The Hall–Kier alpha value is 1.09. The number of hydrogen-bond acceptors (Lipinski definition) is 0. The molecule has 0 heterocycles. The number of hydrogen-bond donors (Lipinski definition) is 0. The van der Waals surface area contributed by atoms with Crippen LogP contribution in [0.3, 0.4) is 0 Å². The molecule has 0 N–H and O–H groups in total. The van der Waals surface area contributed by atoms with Crippen molar-refractivity contribution in [3.05, 3.63) is 0 Å². The molecule has 0 aromatic carbocycles. The minimum absolute atomic E-state index is 1.25. The van der Waals surface area contributed by atoms with E-state index in [4.69, 9.17) is 8.92 Å². The third kappa shape index (κ3) is 3.29. The first kappa shape index (κ1) is 7.09. The number of rotatable bonds is 2. The molecule has 38 valence electrons. The van der Waals surface area contributed by atoms with E-state index in [-0.39, 0.29) is 0 Å². The Kier molecular flexibility index (Phi) is 5.02. The molecule has 0 spiro atoms. The summed E-state index contributed by atoms with van der Waals surface area (Å²) in [5.41, 5.74) is 0. The fraction of sp³-hybridized carbons (Fsp3) is 1.00. The first-order chi connectivity index (χ1) is 2.81. The van der Waals surface area contributed by atoms with Crippen LogP contribution in [0.5, 0.6) is 0 Å². The van der Waals surface area contributed by atoms with Crippen molar-refractivity contribution < 1.29 is 0 Å². The second-order valence-corrected chi connectivity index (χ2v) is 13.6. The van der Waals surface area contributed by atoms with Gasteiger partial charge in [0.05, 0.1) is 0 Å². The van der Waals surface area contributed by atoms with Gasteiger partial charge in [-0.2, -0.15) is 0 Å². The monoisotopic (exact) mass is 214 g/mol. The van der Waals surface area contributed by atoms with Gasteiger partial charge in [-0.25, -0.2) is 0 Å². The minimum atomic E-state index is -1.25. The molecule has 0 aliphatic rings. The Labute approximate surface area is 50.3 Å². The van der Waals surface area contributed by atoms with Gasteiger partial charge in [0, 0.05) is 0 Å². The predicted molar refractivity (Wildman–Crippen MR) is 34.0 cm³/mol. The molecule has 0 aliphatic heterocycles. The summed E-state index contributed by atoms with van der Waals surface area (Å²) in [6.45, 7) is 4.38. The third-order valence-corrected chi connectivity index (χ3v) is 10.1. The van der Waals surface area contributed by atoms with Gasteiger partial charge >= 0.3 is 50.3 Å². The molecule has 0 bridgehead atoms. The second kappa shape index (κ2) is 4.25. The molecular weight excluding hydrogens is 202 g/mol. The SMILES string of the molecule is C[CH2][SnH]([Cl])[CH2]C. The first-order valence-corrected chi connectivity index (χ1v) is 11.3. The van der Waals surface area contributed by atoms with Gasteiger partial charge in [-0.05, 0) is 0 Å². The van der Waals surface area contributed by atoms with Gasteiger partial charge in [-0.3, -0.25) is 0 Å². The Morgan fingerprint density at radius 3 is 1.67 bits per heavy atom. The van der Waals surface area contributed by atoms with Crippen molar-refractivity contribution >= 4 is 27.6 Å². The summed E-state index contributed by atoms with van der Waals surface area (Å²) in [6, 6.07) is 0. The van der Waals surface area contributed by atoms with Crippen LogP contribution in [-0.2, 0) is 0 Å². The van der Waals surface area contributed by atoms with Gasteiger partial charge in [0.25, 0.3) is 0 Å². The molecule has 0 amide bonds. The van der Waals surface area contributed by atoms with E-state index in [1.165, 1.54) is 8.87 Å². The summed E-state index contributed by atoms with van der Waals surface area (Å²) < 4.78 is 2.61. The maximum atomic E-state index is 5.86. The van der Waals surface area contributed by atoms with Crippen LogP contribution in [0.15, 0.2) is 0 Å². The molecule has 0 nitrogen and oxygen atoms in total. The molecule has 2 heteroatoms. The summed E-state index contributed by atoms with van der Waals surface area (Å²) in [4.78, 5) is 0. The van der Waals surface area contributed by atoms with Crippen molar-refractivity contribution in [2.45, 2.75) is 22.7 Å². The molecule has 0 saturated heterocycles. The molecule has 0 aromatic heterocycles. The van der Waals surface area contributed by atoms with Crippen molar-refractivity contribution in [2.75, 3.05) is 0 Å². The van der Waals surface area contributed by atoms with Gasteiger partial charge in [-0.1, -0.05) is 0 Å². The van der Waals surface area contributed by atoms with Crippen LogP contribution in [0.25, 0.3) is 0 Å². The molecule has 0 unspecified atom stereocenters. The third-order valence-electron chi connectivity index (χ3n) is 0.886. The molecule has 0 aromatic rings. The summed E-state index contributed by atoms with van der Waals surface area (Å²) in [6.07, 6.45) is 0. The van der Waals surface area contributed by atoms with Gasteiger partial charge in [0.15, 0.2) is 0 Å². The Morgan fingerprint density at radius 1 is 1.33 bits per heavy atom. The van der Waals surface area contributed by atoms with Gasteiger partial charge in [0.1, 0.15) is 0 Å². The zero-order valence-electron chi connectivity index (χ0n) is 4.37. The summed E-state index contributed by atoms with van der Waals surface area (Å²) >= 11 is -1.25. The van der Waals surface area contributed by atoms with Crippen molar-refractivity contribution in [1.82, 2.24) is 0 Å². The standard InChI is InChI=1S/2C2H5.ClH.Sn.H/c2*1-2;;;/h2*1H2,2H3;1H;;/q;;;+1;/p-1. The number of halogens is 1. The summed E-state index contributed by atoms with van der Waals surface area (Å²) in [7, 11) is 5.86. The predicted octanol–water partition coefficient (Wildman–Crippen LogP) is 1.99. The van der Waals surface area contributed by atoms with Crippen LogP contribution >= 0.6 is 8.92 Å².